The molecule has 29 heavy (non-hydrogen) atoms. The van der Waals surface area contributed by atoms with Crippen molar-refractivity contribution in [1.82, 2.24) is 9.97 Å². The van der Waals surface area contributed by atoms with E-state index in [-0.39, 0.29) is 30.3 Å². The third kappa shape index (κ3) is 5.47. The number of hydrogen-bond acceptors (Lipinski definition) is 6. The highest BCUT2D eigenvalue weighted by Crippen LogP contribution is 2.31. The van der Waals surface area contributed by atoms with Crippen LogP contribution in [0, 0.1) is 6.92 Å². The number of aromatic nitrogens is 2. The third-order valence-corrected chi connectivity index (χ3v) is 3.72. The van der Waals surface area contributed by atoms with E-state index in [1.807, 2.05) is 6.92 Å². The number of carbonyl (C=O) groups excluding carboxylic acids is 1. The maximum absolute atomic E-state index is 12.3. The van der Waals surface area contributed by atoms with Crippen LogP contribution in [0.4, 0.5) is 24.5 Å². The summed E-state index contributed by atoms with van der Waals surface area (Å²) in [4.78, 5) is 20.8. The van der Waals surface area contributed by atoms with Crippen LogP contribution in [0.3, 0.4) is 0 Å². The molecule has 0 fully saturated rings. The van der Waals surface area contributed by atoms with Gasteiger partial charge in [0.2, 0.25) is 0 Å². The van der Waals surface area contributed by atoms with E-state index in [4.69, 9.17) is 4.74 Å². The number of aryl methyl sites for hydroxylation is 1. The van der Waals surface area contributed by atoms with E-state index >= 15 is 0 Å². The molecule has 0 aliphatic rings. The molecule has 0 amide bonds. The van der Waals surface area contributed by atoms with Crippen LogP contribution in [-0.2, 0) is 4.74 Å². The number of rotatable bonds is 5. The number of alkyl halides is 3. The molecule has 3 rings (SSSR count). The summed E-state index contributed by atoms with van der Waals surface area (Å²) < 4.78 is 45.9. The van der Waals surface area contributed by atoms with Crippen LogP contribution < -0.4 is 10.1 Å². The fraction of sp³-hybridized carbons (Fsp3) is 0.211. The maximum atomic E-state index is 12.3. The molecule has 0 atom stereocenters. The average Bonchev–Trinajstić information content (AvgIpc) is 2.62. The van der Waals surface area contributed by atoms with Crippen LogP contribution >= 0.6 is 12.4 Å². The molecule has 3 aromatic rings. The maximum Gasteiger partial charge on any atom is 0.573 e. The number of pyridine rings is 2. The van der Waals surface area contributed by atoms with Gasteiger partial charge in [0.15, 0.2) is 5.65 Å². The minimum Gasteiger partial charge on any atom is -0.462 e. The molecule has 6 nitrogen and oxygen atoms in total. The lowest BCUT2D eigenvalue weighted by Crippen LogP contribution is -2.17. The number of nitrogens with zero attached hydrogens (tertiary/aromatic N) is 2. The fourth-order valence-corrected chi connectivity index (χ4v) is 2.55. The van der Waals surface area contributed by atoms with Crippen LogP contribution in [-0.4, -0.2) is 28.9 Å². The smallest absolute Gasteiger partial charge is 0.462 e. The average molecular weight is 428 g/mol. The van der Waals surface area contributed by atoms with Crippen LogP contribution in [0.25, 0.3) is 11.0 Å². The lowest BCUT2D eigenvalue weighted by Gasteiger charge is -2.15. The molecule has 0 radical (unpaired) electrons. The normalized spacial score (nSPS) is 10.9. The third-order valence-electron chi connectivity index (χ3n) is 3.72. The number of carbonyl (C=O) groups is 1. The summed E-state index contributed by atoms with van der Waals surface area (Å²) in [7, 11) is 0. The number of nitrogens with one attached hydrogen (secondary N) is 1. The Kier molecular flexibility index (Phi) is 6.86. The second-order valence-electron chi connectivity index (χ2n) is 5.79. The minimum atomic E-state index is -4.77. The number of esters is 1. The van der Waals surface area contributed by atoms with Crippen molar-refractivity contribution in [3.8, 4) is 5.75 Å². The van der Waals surface area contributed by atoms with Gasteiger partial charge in [0, 0.05) is 23.0 Å². The van der Waals surface area contributed by atoms with Gasteiger partial charge in [-0.25, -0.2) is 14.8 Å². The summed E-state index contributed by atoms with van der Waals surface area (Å²) in [5.74, 6) is -0.919. The summed E-state index contributed by atoms with van der Waals surface area (Å²) in [6.45, 7) is 3.68. The zero-order valence-electron chi connectivity index (χ0n) is 15.4. The Morgan fingerprint density at radius 3 is 2.45 bits per heavy atom. The van der Waals surface area contributed by atoms with Gasteiger partial charge >= 0.3 is 12.3 Å². The van der Waals surface area contributed by atoms with Crippen molar-refractivity contribution in [2.45, 2.75) is 20.2 Å². The first-order valence-electron chi connectivity index (χ1n) is 8.33. The van der Waals surface area contributed by atoms with E-state index in [1.165, 1.54) is 30.5 Å². The molecular weight excluding hydrogens is 411 g/mol. The van der Waals surface area contributed by atoms with Crippen molar-refractivity contribution in [1.29, 1.82) is 0 Å². The van der Waals surface area contributed by atoms with Gasteiger partial charge in [-0.05, 0) is 50.2 Å². The molecule has 1 N–H and O–H groups in total. The summed E-state index contributed by atoms with van der Waals surface area (Å²) in [5, 5.41) is 3.62. The quantitative estimate of drug-likeness (QED) is 0.566. The van der Waals surface area contributed by atoms with E-state index in [0.29, 0.717) is 22.4 Å². The summed E-state index contributed by atoms with van der Waals surface area (Å²) in [6.07, 6.45) is -3.41. The van der Waals surface area contributed by atoms with Gasteiger partial charge in [-0.3, -0.25) is 0 Å². The first-order valence-corrected chi connectivity index (χ1v) is 8.33. The molecular formula is C19H17ClF3N3O3. The minimum absolute atomic E-state index is 0. The monoisotopic (exact) mass is 427 g/mol. The zero-order valence-corrected chi connectivity index (χ0v) is 16.2. The largest absolute Gasteiger partial charge is 0.573 e. The number of fused-ring (bicyclic) bond motifs is 1. The molecule has 0 bridgehead atoms. The van der Waals surface area contributed by atoms with Gasteiger partial charge in [0.05, 0.1) is 12.3 Å². The van der Waals surface area contributed by atoms with E-state index < -0.39 is 12.3 Å². The standard InChI is InChI=1S/C19H16F3N3O3.ClH/c1-3-27-18(26)15-10-23-17-14(9-4-11(2)24-17)16(15)25-12-5-7-13(8-6-12)28-19(20,21)22;/h4-10H,3H2,1-2H3,(H,23,24,25);1H. The van der Waals surface area contributed by atoms with E-state index in [2.05, 4.69) is 20.0 Å². The van der Waals surface area contributed by atoms with Gasteiger partial charge in [-0.1, -0.05) is 0 Å². The van der Waals surface area contributed by atoms with Crippen molar-refractivity contribution in [3.63, 3.8) is 0 Å². The van der Waals surface area contributed by atoms with Crippen molar-refractivity contribution < 1.29 is 27.4 Å². The second kappa shape index (κ2) is 8.95. The zero-order chi connectivity index (χ0) is 20.3. The van der Waals surface area contributed by atoms with Crippen molar-refractivity contribution in [2.24, 2.45) is 0 Å². The number of hydrogen-bond donors (Lipinski definition) is 1. The van der Waals surface area contributed by atoms with Gasteiger partial charge in [0.1, 0.15) is 11.3 Å². The number of anilines is 2. The molecule has 0 saturated heterocycles. The van der Waals surface area contributed by atoms with Crippen LogP contribution in [0.1, 0.15) is 23.0 Å². The lowest BCUT2D eigenvalue weighted by atomic mass is 10.1. The van der Waals surface area contributed by atoms with Gasteiger partial charge < -0.3 is 14.8 Å². The molecule has 1 aromatic carbocycles. The highest BCUT2D eigenvalue weighted by molar-refractivity contribution is 6.05. The van der Waals surface area contributed by atoms with Crippen molar-refractivity contribution >= 4 is 40.8 Å². The fourth-order valence-electron chi connectivity index (χ4n) is 2.55. The van der Waals surface area contributed by atoms with Gasteiger partial charge in [0.25, 0.3) is 0 Å². The van der Waals surface area contributed by atoms with E-state index in [9.17, 15) is 18.0 Å². The predicted molar refractivity (Wildman–Crippen MR) is 104 cm³/mol. The Morgan fingerprint density at radius 1 is 1.14 bits per heavy atom. The topological polar surface area (TPSA) is 73.3 Å². The molecule has 10 heteroatoms. The predicted octanol–water partition coefficient (Wildman–Crippen LogP) is 5.18. The Hall–Kier alpha value is -3.07. The second-order valence-corrected chi connectivity index (χ2v) is 5.79. The number of benzene rings is 1. The summed E-state index contributed by atoms with van der Waals surface area (Å²) >= 11 is 0. The molecule has 2 aromatic heterocycles. The lowest BCUT2D eigenvalue weighted by molar-refractivity contribution is -0.274. The molecule has 0 unspecified atom stereocenters. The van der Waals surface area contributed by atoms with Gasteiger partial charge in [-0.15, -0.1) is 25.6 Å². The molecule has 2 heterocycles. The first kappa shape index (κ1) is 22.2. The molecule has 0 aliphatic heterocycles. The van der Waals surface area contributed by atoms with Crippen LogP contribution in [0.2, 0.25) is 0 Å². The van der Waals surface area contributed by atoms with E-state index in [0.717, 1.165) is 5.69 Å². The van der Waals surface area contributed by atoms with Crippen LogP contribution in [0.15, 0.2) is 42.6 Å². The highest BCUT2D eigenvalue weighted by Gasteiger charge is 2.31. The Balaban J connectivity index is 0.00000300. The Labute approximate surface area is 170 Å². The van der Waals surface area contributed by atoms with E-state index in [1.54, 1.807) is 19.1 Å². The number of halogens is 4. The highest BCUT2D eigenvalue weighted by atomic mass is 35.5. The first-order chi connectivity index (χ1) is 13.3. The molecule has 0 aliphatic carbocycles. The molecule has 0 spiro atoms. The molecule has 154 valence electrons. The van der Waals surface area contributed by atoms with Crippen LogP contribution in [0.5, 0.6) is 5.75 Å². The van der Waals surface area contributed by atoms with Crippen molar-refractivity contribution in [3.05, 3.63) is 53.9 Å². The number of ether oxygens (including phenoxy) is 2. The van der Waals surface area contributed by atoms with Gasteiger partial charge in [-0.2, -0.15) is 0 Å². The Morgan fingerprint density at radius 2 is 1.83 bits per heavy atom. The SMILES string of the molecule is CCOC(=O)c1cnc2nc(C)ccc2c1Nc1ccc(OC(F)(F)F)cc1.Cl. The van der Waals surface area contributed by atoms with Crippen molar-refractivity contribution in [2.75, 3.05) is 11.9 Å². The Bertz CT molecular complexity index is 1010. The summed E-state index contributed by atoms with van der Waals surface area (Å²) in [6, 6.07) is 8.69. The molecule has 0 saturated carbocycles. The summed E-state index contributed by atoms with van der Waals surface area (Å²) in [5.41, 5.74) is 2.22.